The number of likely N-dealkylation sites (N-methyl/N-ethyl adjacent to an activating group) is 1. The Bertz CT molecular complexity index is 527. The first-order valence-corrected chi connectivity index (χ1v) is 7.43. The number of esters is 1. The average Bonchev–Trinajstić information content (AvgIpc) is 2.48. The van der Waals surface area contributed by atoms with Gasteiger partial charge in [-0.3, -0.25) is 9.59 Å². The zero-order valence-corrected chi connectivity index (χ0v) is 14.2. The molecule has 0 aliphatic heterocycles. The van der Waals surface area contributed by atoms with Crippen LogP contribution in [0.4, 0.5) is 0 Å². The predicted octanol–water partition coefficient (Wildman–Crippen LogP) is 1.87. The normalized spacial score (nSPS) is 10.6. The molecule has 1 amide bonds. The number of amides is 1. The standard InChI is InChI=1S/C17H26N2O3/c1-13-6-7-15(12-14(13)2)17(21)19(11-10-18(3)4)9-8-16(20)22-5/h6-7,12H,8-11H2,1-5H3. The van der Waals surface area contributed by atoms with Crippen molar-refractivity contribution in [2.75, 3.05) is 40.8 Å². The minimum atomic E-state index is -0.303. The van der Waals surface area contributed by atoms with Gasteiger partial charge >= 0.3 is 5.97 Å². The molecule has 0 bridgehead atoms. The second-order valence-electron chi connectivity index (χ2n) is 5.72. The second-order valence-corrected chi connectivity index (χ2v) is 5.72. The zero-order chi connectivity index (χ0) is 16.7. The molecule has 1 rings (SSSR count). The molecule has 0 unspecified atom stereocenters. The van der Waals surface area contributed by atoms with Gasteiger partial charge in [0, 0.05) is 25.2 Å². The third kappa shape index (κ3) is 5.48. The number of hydrogen-bond donors (Lipinski definition) is 0. The van der Waals surface area contributed by atoms with Gasteiger partial charge in [0.2, 0.25) is 0 Å². The van der Waals surface area contributed by atoms with Gasteiger partial charge in [-0.1, -0.05) is 6.07 Å². The van der Waals surface area contributed by atoms with E-state index in [0.717, 1.165) is 17.7 Å². The maximum atomic E-state index is 12.7. The molecule has 122 valence electrons. The van der Waals surface area contributed by atoms with Crippen molar-refractivity contribution in [2.24, 2.45) is 0 Å². The van der Waals surface area contributed by atoms with Gasteiger partial charge in [-0.25, -0.2) is 0 Å². The molecule has 0 radical (unpaired) electrons. The van der Waals surface area contributed by atoms with Gasteiger partial charge in [0.25, 0.3) is 5.91 Å². The van der Waals surface area contributed by atoms with E-state index in [0.29, 0.717) is 18.7 Å². The minimum absolute atomic E-state index is 0.0474. The van der Waals surface area contributed by atoms with E-state index in [1.165, 1.54) is 7.11 Å². The zero-order valence-electron chi connectivity index (χ0n) is 14.2. The van der Waals surface area contributed by atoms with Crippen molar-refractivity contribution in [3.63, 3.8) is 0 Å². The van der Waals surface area contributed by atoms with Crippen molar-refractivity contribution < 1.29 is 14.3 Å². The van der Waals surface area contributed by atoms with Crippen LogP contribution in [-0.4, -0.2) is 62.5 Å². The fourth-order valence-corrected chi connectivity index (χ4v) is 2.02. The Morgan fingerprint density at radius 2 is 1.73 bits per heavy atom. The van der Waals surface area contributed by atoms with Crippen molar-refractivity contribution in [1.82, 2.24) is 9.80 Å². The quantitative estimate of drug-likeness (QED) is 0.722. The molecule has 0 aliphatic carbocycles. The number of ether oxygens (including phenoxy) is 1. The molecule has 0 aliphatic rings. The Morgan fingerprint density at radius 3 is 2.27 bits per heavy atom. The van der Waals surface area contributed by atoms with E-state index in [9.17, 15) is 9.59 Å². The smallest absolute Gasteiger partial charge is 0.307 e. The first kappa shape index (κ1) is 18.2. The van der Waals surface area contributed by atoms with Gasteiger partial charge in [-0.15, -0.1) is 0 Å². The molecule has 0 saturated heterocycles. The summed E-state index contributed by atoms with van der Waals surface area (Å²) >= 11 is 0. The van der Waals surface area contributed by atoms with Crippen LogP contribution in [0.5, 0.6) is 0 Å². The van der Waals surface area contributed by atoms with Gasteiger partial charge in [-0.05, 0) is 51.2 Å². The first-order chi connectivity index (χ1) is 10.3. The fourth-order valence-electron chi connectivity index (χ4n) is 2.02. The van der Waals surface area contributed by atoms with E-state index in [4.69, 9.17) is 0 Å². The van der Waals surface area contributed by atoms with Gasteiger partial charge in [0.15, 0.2) is 0 Å². The van der Waals surface area contributed by atoms with Gasteiger partial charge < -0.3 is 14.5 Å². The Morgan fingerprint density at radius 1 is 1.05 bits per heavy atom. The molecule has 1 aromatic carbocycles. The maximum absolute atomic E-state index is 12.7. The highest BCUT2D eigenvalue weighted by Crippen LogP contribution is 2.12. The van der Waals surface area contributed by atoms with E-state index in [-0.39, 0.29) is 18.3 Å². The van der Waals surface area contributed by atoms with Gasteiger partial charge in [0.05, 0.1) is 13.5 Å². The van der Waals surface area contributed by atoms with Crippen molar-refractivity contribution in [2.45, 2.75) is 20.3 Å². The molecular weight excluding hydrogens is 280 g/mol. The minimum Gasteiger partial charge on any atom is -0.469 e. The Balaban J connectivity index is 2.84. The molecule has 0 spiro atoms. The van der Waals surface area contributed by atoms with Gasteiger partial charge in [0.1, 0.15) is 0 Å². The predicted molar refractivity (Wildman–Crippen MR) is 87.0 cm³/mol. The van der Waals surface area contributed by atoms with E-state index in [1.807, 2.05) is 51.0 Å². The molecule has 0 heterocycles. The van der Waals surface area contributed by atoms with Crippen LogP contribution in [0.2, 0.25) is 0 Å². The van der Waals surface area contributed by atoms with Crippen molar-refractivity contribution in [1.29, 1.82) is 0 Å². The number of nitrogens with zero attached hydrogens (tertiary/aromatic N) is 2. The summed E-state index contributed by atoms with van der Waals surface area (Å²) in [6, 6.07) is 5.69. The third-order valence-corrected chi connectivity index (χ3v) is 3.67. The van der Waals surface area contributed by atoms with Gasteiger partial charge in [-0.2, -0.15) is 0 Å². The Labute approximate surface area is 132 Å². The summed E-state index contributed by atoms with van der Waals surface area (Å²) in [5, 5.41) is 0. The van der Waals surface area contributed by atoms with Crippen LogP contribution in [0.15, 0.2) is 18.2 Å². The van der Waals surface area contributed by atoms with E-state index in [2.05, 4.69) is 4.74 Å². The molecule has 5 nitrogen and oxygen atoms in total. The largest absolute Gasteiger partial charge is 0.469 e. The number of rotatable bonds is 7. The summed E-state index contributed by atoms with van der Waals surface area (Å²) in [4.78, 5) is 27.7. The third-order valence-electron chi connectivity index (χ3n) is 3.67. The Kier molecular flexibility index (Phi) is 7.05. The molecule has 0 atom stereocenters. The van der Waals surface area contributed by atoms with Crippen molar-refractivity contribution in [3.8, 4) is 0 Å². The topological polar surface area (TPSA) is 49.9 Å². The highest BCUT2D eigenvalue weighted by atomic mass is 16.5. The van der Waals surface area contributed by atoms with Crippen LogP contribution in [0.3, 0.4) is 0 Å². The lowest BCUT2D eigenvalue weighted by Crippen LogP contribution is -2.38. The summed E-state index contributed by atoms with van der Waals surface area (Å²) < 4.78 is 4.66. The highest BCUT2D eigenvalue weighted by Gasteiger charge is 2.17. The number of carbonyl (C=O) groups is 2. The number of benzene rings is 1. The fraction of sp³-hybridized carbons (Fsp3) is 0.529. The van der Waals surface area contributed by atoms with Crippen molar-refractivity contribution >= 4 is 11.9 Å². The van der Waals surface area contributed by atoms with E-state index in [1.54, 1.807) is 4.90 Å². The molecule has 22 heavy (non-hydrogen) atoms. The van der Waals surface area contributed by atoms with Crippen LogP contribution in [0.25, 0.3) is 0 Å². The monoisotopic (exact) mass is 306 g/mol. The van der Waals surface area contributed by atoms with Crippen LogP contribution in [0.1, 0.15) is 27.9 Å². The summed E-state index contributed by atoms with van der Waals surface area (Å²) in [5.74, 6) is -0.350. The van der Waals surface area contributed by atoms with Crippen LogP contribution in [-0.2, 0) is 9.53 Å². The SMILES string of the molecule is COC(=O)CCN(CCN(C)C)C(=O)c1ccc(C)c(C)c1. The average molecular weight is 306 g/mol. The molecule has 0 saturated carbocycles. The van der Waals surface area contributed by atoms with Crippen molar-refractivity contribution in [3.05, 3.63) is 34.9 Å². The lowest BCUT2D eigenvalue weighted by molar-refractivity contribution is -0.140. The molecule has 0 aromatic heterocycles. The summed E-state index contributed by atoms with van der Waals surface area (Å²) in [7, 11) is 5.27. The molecule has 0 fully saturated rings. The molecule has 0 N–H and O–H groups in total. The molecule has 1 aromatic rings. The second kappa shape index (κ2) is 8.54. The van der Waals surface area contributed by atoms with Crippen LogP contribution < -0.4 is 0 Å². The molecule has 5 heteroatoms. The lowest BCUT2D eigenvalue weighted by Gasteiger charge is -2.24. The summed E-state index contributed by atoms with van der Waals surface area (Å²) in [6.07, 6.45) is 0.209. The van der Waals surface area contributed by atoms with Crippen LogP contribution in [0, 0.1) is 13.8 Å². The Hall–Kier alpha value is -1.88. The maximum Gasteiger partial charge on any atom is 0.307 e. The molecular formula is C17H26N2O3. The lowest BCUT2D eigenvalue weighted by atomic mass is 10.1. The van der Waals surface area contributed by atoms with Crippen LogP contribution >= 0.6 is 0 Å². The number of hydrogen-bond acceptors (Lipinski definition) is 4. The first-order valence-electron chi connectivity index (χ1n) is 7.43. The summed E-state index contributed by atoms with van der Waals surface area (Å²) in [6.45, 7) is 5.70. The van der Waals surface area contributed by atoms with E-state index < -0.39 is 0 Å². The number of carbonyl (C=O) groups excluding carboxylic acids is 2. The van der Waals surface area contributed by atoms with E-state index >= 15 is 0 Å². The number of aryl methyl sites for hydroxylation is 2. The summed E-state index contributed by atoms with van der Waals surface area (Å²) in [5.41, 5.74) is 2.91. The number of methoxy groups -OCH3 is 1. The highest BCUT2D eigenvalue weighted by molar-refractivity contribution is 5.94.